The van der Waals surface area contributed by atoms with Gasteiger partial charge in [-0.05, 0) is 53.1 Å². The third-order valence-corrected chi connectivity index (χ3v) is 9.12. The van der Waals surface area contributed by atoms with Crippen molar-refractivity contribution in [3.05, 3.63) is 150 Å². The van der Waals surface area contributed by atoms with E-state index in [1.165, 1.54) is 22.0 Å². The lowest BCUT2D eigenvalue weighted by Crippen LogP contribution is -2.48. The van der Waals surface area contributed by atoms with Crippen molar-refractivity contribution in [2.24, 2.45) is 9.98 Å². The standard InChI is InChI=1S/C38H28N4O/c1-38-36(30-18-17-27(22-34(30)43-38)28-14-9-19-39-23-28)40-35(24-10-3-2-4-11-24)37(41-38)42-32-16-8-7-15-29(32)31-20-25-12-5-6-13-26(25)21-33(31)42/h2-23,29,32,36H,1H3. The highest BCUT2D eigenvalue weighted by Gasteiger charge is 2.51. The van der Waals surface area contributed by atoms with Crippen LogP contribution in [0.4, 0.5) is 5.69 Å². The van der Waals surface area contributed by atoms with E-state index in [0.29, 0.717) is 0 Å². The van der Waals surface area contributed by atoms with Crippen molar-refractivity contribution < 1.29 is 4.74 Å². The number of fused-ring (bicyclic) bond motifs is 7. The topological polar surface area (TPSA) is 50.1 Å². The summed E-state index contributed by atoms with van der Waals surface area (Å²) in [7, 11) is 0. The summed E-state index contributed by atoms with van der Waals surface area (Å²) in [6.07, 6.45) is 12.6. The van der Waals surface area contributed by atoms with Crippen LogP contribution in [-0.2, 0) is 0 Å². The number of ether oxygens (including phenoxy) is 1. The van der Waals surface area contributed by atoms with Crippen LogP contribution in [0, 0.1) is 0 Å². The molecule has 0 spiro atoms. The molecule has 0 radical (unpaired) electrons. The third kappa shape index (κ3) is 3.67. The smallest absolute Gasteiger partial charge is 0.225 e. The normalized spacial score (nSPS) is 24.5. The van der Waals surface area contributed by atoms with Crippen molar-refractivity contribution in [3.63, 3.8) is 0 Å². The molecule has 0 saturated heterocycles. The molecule has 0 saturated carbocycles. The second-order valence-electron chi connectivity index (χ2n) is 11.7. The lowest BCUT2D eigenvalue weighted by molar-refractivity contribution is 0.0999. The first kappa shape index (κ1) is 24.3. The van der Waals surface area contributed by atoms with Gasteiger partial charge in [-0.15, -0.1) is 0 Å². The fraction of sp³-hybridized carbons (Fsp3) is 0.132. The van der Waals surface area contributed by atoms with Gasteiger partial charge >= 0.3 is 0 Å². The molecule has 0 amide bonds. The van der Waals surface area contributed by atoms with Crippen LogP contribution < -0.4 is 9.64 Å². The summed E-state index contributed by atoms with van der Waals surface area (Å²) < 4.78 is 6.76. The Labute approximate surface area is 250 Å². The average Bonchev–Trinajstić information content (AvgIpc) is 3.53. The van der Waals surface area contributed by atoms with E-state index in [0.717, 1.165) is 39.6 Å². The van der Waals surface area contributed by atoms with E-state index in [1.807, 2.05) is 18.3 Å². The molecule has 0 fully saturated rings. The number of pyridine rings is 1. The Morgan fingerprint density at radius 3 is 2.37 bits per heavy atom. The molecule has 5 aromatic rings. The van der Waals surface area contributed by atoms with E-state index < -0.39 is 5.72 Å². The van der Waals surface area contributed by atoms with E-state index in [9.17, 15) is 0 Å². The van der Waals surface area contributed by atoms with Crippen molar-refractivity contribution in [3.8, 4) is 16.9 Å². The second-order valence-corrected chi connectivity index (χ2v) is 11.7. The van der Waals surface area contributed by atoms with Gasteiger partial charge in [0.25, 0.3) is 0 Å². The molecule has 0 bridgehead atoms. The molecule has 206 valence electrons. The molecular weight excluding hydrogens is 528 g/mol. The Balaban J connectivity index is 1.23. The van der Waals surface area contributed by atoms with Crippen LogP contribution in [0.2, 0.25) is 0 Å². The number of amidine groups is 1. The fourth-order valence-electron chi connectivity index (χ4n) is 7.09. The van der Waals surface area contributed by atoms with E-state index in [-0.39, 0.29) is 18.0 Å². The number of hydrogen-bond acceptors (Lipinski definition) is 5. The third-order valence-electron chi connectivity index (χ3n) is 9.12. The molecule has 3 aliphatic heterocycles. The zero-order valence-corrected chi connectivity index (χ0v) is 23.6. The van der Waals surface area contributed by atoms with Crippen LogP contribution in [-0.4, -0.2) is 28.3 Å². The number of hydrogen-bond donors (Lipinski definition) is 0. The van der Waals surface area contributed by atoms with Crippen LogP contribution in [0.15, 0.2) is 144 Å². The molecule has 4 heterocycles. The molecule has 4 unspecified atom stereocenters. The van der Waals surface area contributed by atoms with Gasteiger partial charge in [0, 0.05) is 40.7 Å². The van der Waals surface area contributed by atoms with E-state index in [4.69, 9.17) is 14.7 Å². The monoisotopic (exact) mass is 556 g/mol. The predicted molar refractivity (Wildman–Crippen MR) is 173 cm³/mol. The molecule has 4 aromatic carbocycles. The van der Waals surface area contributed by atoms with Crippen molar-refractivity contribution in [2.45, 2.75) is 30.7 Å². The number of anilines is 1. The molecule has 9 rings (SSSR count). The summed E-state index contributed by atoms with van der Waals surface area (Å²) in [5, 5.41) is 2.46. The first-order valence-electron chi connectivity index (χ1n) is 14.8. The number of allylic oxidation sites excluding steroid dienone is 2. The van der Waals surface area contributed by atoms with Crippen molar-refractivity contribution in [2.75, 3.05) is 4.90 Å². The minimum absolute atomic E-state index is 0.0885. The van der Waals surface area contributed by atoms with Crippen LogP contribution in [0.25, 0.3) is 21.9 Å². The zero-order valence-electron chi connectivity index (χ0n) is 23.6. The lowest BCUT2D eigenvalue weighted by Gasteiger charge is -2.37. The minimum atomic E-state index is -0.882. The molecule has 1 aliphatic carbocycles. The van der Waals surface area contributed by atoms with Crippen LogP contribution >= 0.6 is 0 Å². The maximum absolute atomic E-state index is 6.76. The number of benzene rings is 4. The van der Waals surface area contributed by atoms with Gasteiger partial charge in [-0.2, -0.15) is 0 Å². The van der Waals surface area contributed by atoms with Crippen molar-refractivity contribution in [1.29, 1.82) is 0 Å². The Morgan fingerprint density at radius 2 is 1.53 bits per heavy atom. The first-order chi connectivity index (χ1) is 21.2. The number of aromatic nitrogens is 1. The molecular formula is C38H28N4O. The number of rotatable bonds is 2. The van der Waals surface area contributed by atoms with Gasteiger partial charge in [-0.25, -0.2) is 4.99 Å². The summed E-state index contributed by atoms with van der Waals surface area (Å²) in [5.41, 5.74) is 6.70. The zero-order chi connectivity index (χ0) is 28.5. The summed E-state index contributed by atoms with van der Waals surface area (Å²) in [4.78, 5) is 17.7. The first-order valence-corrected chi connectivity index (χ1v) is 14.8. The van der Waals surface area contributed by atoms with Gasteiger partial charge in [-0.3, -0.25) is 9.98 Å². The minimum Gasteiger partial charge on any atom is -0.463 e. The van der Waals surface area contributed by atoms with Crippen molar-refractivity contribution in [1.82, 2.24) is 4.98 Å². The fourth-order valence-corrected chi connectivity index (χ4v) is 7.09. The van der Waals surface area contributed by atoms with Crippen molar-refractivity contribution >= 4 is 28.0 Å². The van der Waals surface area contributed by atoms with E-state index in [1.54, 1.807) is 6.20 Å². The lowest BCUT2D eigenvalue weighted by atomic mass is 9.90. The molecule has 4 aliphatic rings. The molecule has 5 nitrogen and oxygen atoms in total. The van der Waals surface area contributed by atoms with Gasteiger partial charge in [0.1, 0.15) is 17.5 Å². The maximum atomic E-state index is 6.76. The highest BCUT2D eigenvalue weighted by atomic mass is 16.5. The number of aliphatic imine (C=N–C) groups is 2. The maximum Gasteiger partial charge on any atom is 0.225 e. The summed E-state index contributed by atoms with van der Waals surface area (Å²) in [6, 6.07) is 33.9. The molecule has 5 heteroatoms. The Morgan fingerprint density at radius 1 is 0.744 bits per heavy atom. The van der Waals surface area contributed by atoms with Crippen LogP contribution in [0.3, 0.4) is 0 Å². The Hall–Kier alpha value is -5.29. The molecule has 1 aromatic heterocycles. The number of nitrogens with zero attached hydrogens (tertiary/aromatic N) is 4. The summed E-state index contributed by atoms with van der Waals surface area (Å²) >= 11 is 0. The SMILES string of the molecule is CC12N=C(N3c4cc5ccccc5cc4C4C=CC=CC43)C(c3ccccc3)=NC1c1ccc(-c3cccnc3)cc1O2. The van der Waals surface area contributed by atoms with Crippen LogP contribution in [0.5, 0.6) is 5.75 Å². The van der Waals surface area contributed by atoms with Gasteiger partial charge in [0.2, 0.25) is 5.72 Å². The molecule has 0 N–H and O–H groups in total. The highest BCUT2D eigenvalue weighted by Crippen LogP contribution is 2.52. The Kier molecular flexibility index (Phi) is 5.15. The van der Waals surface area contributed by atoms with Gasteiger partial charge in [0.05, 0.1) is 6.04 Å². The van der Waals surface area contributed by atoms with Gasteiger partial charge in [0.15, 0.2) is 5.84 Å². The quantitative estimate of drug-likeness (QED) is 0.221. The van der Waals surface area contributed by atoms with E-state index >= 15 is 0 Å². The highest BCUT2D eigenvalue weighted by molar-refractivity contribution is 6.52. The summed E-state index contributed by atoms with van der Waals surface area (Å²) in [5.74, 6) is 1.88. The molecule has 43 heavy (non-hydrogen) atoms. The summed E-state index contributed by atoms with van der Waals surface area (Å²) in [6.45, 7) is 2.07. The molecule has 4 atom stereocenters. The van der Waals surface area contributed by atoms with Gasteiger partial charge < -0.3 is 9.64 Å². The van der Waals surface area contributed by atoms with Crippen LogP contribution in [0.1, 0.15) is 35.6 Å². The van der Waals surface area contributed by atoms with E-state index in [2.05, 4.69) is 126 Å². The predicted octanol–water partition coefficient (Wildman–Crippen LogP) is 8.05. The Bertz CT molecular complexity index is 2050. The van der Waals surface area contributed by atoms with Gasteiger partial charge in [-0.1, -0.05) is 97.1 Å². The largest absolute Gasteiger partial charge is 0.463 e. The second kappa shape index (κ2) is 9.10. The average molecular weight is 557 g/mol.